The van der Waals surface area contributed by atoms with Gasteiger partial charge in [-0.15, -0.1) is 0 Å². The summed E-state index contributed by atoms with van der Waals surface area (Å²) >= 11 is 0. The quantitative estimate of drug-likeness (QED) is 0.800. The van der Waals surface area contributed by atoms with E-state index in [0.717, 1.165) is 0 Å². The first-order chi connectivity index (χ1) is 7.96. The van der Waals surface area contributed by atoms with Gasteiger partial charge in [-0.05, 0) is 12.1 Å². The van der Waals surface area contributed by atoms with E-state index < -0.39 is 5.41 Å². The highest BCUT2D eigenvalue weighted by molar-refractivity contribution is 6.21. The zero-order chi connectivity index (χ0) is 12.6. The summed E-state index contributed by atoms with van der Waals surface area (Å²) in [5.41, 5.74) is 0.422. The van der Waals surface area contributed by atoms with Crippen LogP contribution in [-0.4, -0.2) is 35.0 Å². The van der Waals surface area contributed by atoms with Gasteiger partial charge >= 0.3 is 0 Å². The van der Waals surface area contributed by atoms with Gasteiger partial charge in [-0.25, -0.2) is 0 Å². The molecule has 1 aliphatic heterocycles. The molecule has 0 unspecified atom stereocenters. The van der Waals surface area contributed by atoms with Crippen molar-refractivity contribution in [3.8, 4) is 0 Å². The third kappa shape index (κ3) is 1.96. The van der Waals surface area contributed by atoms with E-state index in [1.54, 1.807) is 24.3 Å². The predicted octanol–water partition coefficient (Wildman–Crippen LogP) is 1.30. The van der Waals surface area contributed by atoms with Crippen LogP contribution in [0.2, 0.25) is 0 Å². The van der Waals surface area contributed by atoms with Gasteiger partial charge in [0, 0.05) is 18.6 Å². The monoisotopic (exact) mass is 233 g/mol. The van der Waals surface area contributed by atoms with E-state index in [4.69, 9.17) is 0 Å². The molecule has 1 aromatic carbocycles. The van der Waals surface area contributed by atoms with E-state index in [1.165, 1.54) is 4.90 Å². The Hall–Kier alpha value is -1.68. The number of rotatable bonds is 3. The number of aliphatic hydroxyl groups is 1. The molecule has 0 spiro atoms. The van der Waals surface area contributed by atoms with Crippen molar-refractivity contribution in [1.82, 2.24) is 4.90 Å². The van der Waals surface area contributed by atoms with Crippen LogP contribution in [0.5, 0.6) is 0 Å². The first-order valence-corrected chi connectivity index (χ1v) is 5.52. The van der Waals surface area contributed by atoms with Crippen molar-refractivity contribution >= 4 is 11.8 Å². The topological polar surface area (TPSA) is 57.6 Å². The third-order valence-corrected chi connectivity index (χ3v) is 2.89. The summed E-state index contributed by atoms with van der Waals surface area (Å²) in [6.45, 7) is 3.79. The van der Waals surface area contributed by atoms with Crippen molar-refractivity contribution in [2.45, 2.75) is 13.8 Å². The average Bonchev–Trinajstić information content (AvgIpc) is 2.55. The number of aliphatic hydroxyl groups excluding tert-OH is 1. The van der Waals surface area contributed by atoms with Crippen LogP contribution in [0.25, 0.3) is 0 Å². The van der Waals surface area contributed by atoms with Crippen LogP contribution >= 0.6 is 0 Å². The van der Waals surface area contributed by atoms with Gasteiger partial charge in [0.15, 0.2) is 0 Å². The fourth-order valence-electron chi connectivity index (χ4n) is 1.86. The Balaban J connectivity index is 2.31. The van der Waals surface area contributed by atoms with E-state index in [9.17, 15) is 14.7 Å². The molecular weight excluding hydrogens is 218 g/mol. The Labute approximate surface area is 99.9 Å². The number of fused-ring (bicyclic) bond motifs is 1. The summed E-state index contributed by atoms with van der Waals surface area (Å²) < 4.78 is 0. The van der Waals surface area contributed by atoms with E-state index in [2.05, 4.69) is 0 Å². The molecule has 17 heavy (non-hydrogen) atoms. The second kappa shape index (κ2) is 3.96. The molecule has 4 nitrogen and oxygen atoms in total. The fourth-order valence-corrected chi connectivity index (χ4v) is 1.86. The molecule has 1 aliphatic rings. The highest BCUT2D eigenvalue weighted by atomic mass is 16.3. The van der Waals surface area contributed by atoms with E-state index in [-0.39, 0.29) is 25.0 Å². The number of carbonyl (C=O) groups is 2. The Morgan fingerprint density at radius 2 is 1.59 bits per heavy atom. The summed E-state index contributed by atoms with van der Waals surface area (Å²) in [5, 5.41) is 9.19. The second-order valence-corrected chi connectivity index (χ2v) is 5.06. The van der Waals surface area contributed by atoms with Gasteiger partial charge in [0.2, 0.25) is 0 Å². The van der Waals surface area contributed by atoms with Crippen LogP contribution in [0.15, 0.2) is 24.3 Å². The van der Waals surface area contributed by atoms with Crippen molar-refractivity contribution in [2.75, 3.05) is 13.2 Å². The SMILES string of the molecule is CC(C)(CO)CN1C(=O)c2ccccc2C1=O. The summed E-state index contributed by atoms with van der Waals surface area (Å²) in [4.78, 5) is 25.3. The van der Waals surface area contributed by atoms with Crippen molar-refractivity contribution in [2.24, 2.45) is 5.41 Å². The van der Waals surface area contributed by atoms with Crippen molar-refractivity contribution in [1.29, 1.82) is 0 Å². The maximum Gasteiger partial charge on any atom is 0.261 e. The molecule has 4 heteroatoms. The van der Waals surface area contributed by atoms with Gasteiger partial charge in [-0.2, -0.15) is 0 Å². The van der Waals surface area contributed by atoms with E-state index in [0.29, 0.717) is 11.1 Å². The largest absolute Gasteiger partial charge is 0.396 e. The van der Waals surface area contributed by atoms with Gasteiger partial charge in [-0.3, -0.25) is 14.5 Å². The fraction of sp³-hybridized carbons (Fsp3) is 0.385. The predicted molar refractivity (Wildman–Crippen MR) is 62.7 cm³/mol. The minimum atomic E-state index is -0.479. The smallest absolute Gasteiger partial charge is 0.261 e. The Morgan fingerprint density at radius 1 is 1.12 bits per heavy atom. The van der Waals surface area contributed by atoms with Crippen LogP contribution in [0.1, 0.15) is 34.6 Å². The maximum absolute atomic E-state index is 12.0. The summed E-state index contributed by atoms with van der Waals surface area (Å²) in [7, 11) is 0. The van der Waals surface area contributed by atoms with Gasteiger partial charge < -0.3 is 5.11 Å². The molecule has 0 fully saturated rings. The Morgan fingerprint density at radius 3 is 2.00 bits per heavy atom. The molecule has 0 atom stereocenters. The first-order valence-electron chi connectivity index (χ1n) is 5.52. The van der Waals surface area contributed by atoms with Crippen LogP contribution in [0.4, 0.5) is 0 Å². The zero-order valence-electron chi connectivity index (χ0n) is 9.93. The molecule has 0 saturated carbocycles. The Kier molecular flexibility index (Phi) is 2.75. The lowest BCUT2D eigenvalue weighted by atomic mass is 9.94. The molecule has 2 rings (SSSR count). The second-order valence-electron chi connectivity index (χ2n) is 5.06. The highest BCUT2D eigenvalue weighted by Crippen LogP contribution is 2.26. The minimum absolute atomic E-state index is 0.0690. The molecule has 0 aliphatic carbocycles. The number of nitrogens with zero attached hydrogens (tertiary/aromatic N) is 1. The van der Waals surface area contributed by atoms with Crippen LogP contribution in [0, 0.1) is 5.41 Å². The first kappa shape index (κ1) is 11.8. The lowest BCUT2D eigenvalue weighted by Gasteiger charge is -2.26. The van der Waals surface area contributed by atoms with Gasteiger partial charge in [0.25, 0.3) is 11.8 Å². The molecule has 0 bridgehead atoms. The van der Waals surface area contributed by atoms with Crippen LogP contribution in [-0.2, 0) is 0 Å². The van der Waals surface area contributed by atoms with Crippen molar-refractivity contribution in [3.05, 3.63) is 35.4 Å². The maximum atomic E-state index is 12.0. The number of hydrogen-bond donors (Lipinski definition) is 1. The lowest BCUT2D eigenvalue weighted by molar-refractivity contribution is 0.0529. The summed E-state index contributed by atoms with van der Waals surface area (Å²) in [6.07, 6.45) is 0. The molecule has 2 amide bonds. The van der Waals surface area contributed by atoms with Crippen molar-refractivity contribution < 1.29 is 14.7 Å². The van der Waals surface area contributed by atoms with E-state index in [1.807, 2.05) is 13.8 Å². The summed E-state index contributed by atoms with van der Waals surface area (Å²) in [5.74, 6) is -0.542. The number of imide groups is 1. The van der Waals surface area contributed by atoms with Crippen LogP contribution in [0.3, 0.4) is 0 Å². The number of benzene rings is 1. The third-order valence-electron chi connectivity index (χ3n) is 2.89. The van der Waals surface area contributed by atoms with E-state index >= 15 is 0 Å². The average molecular weight is 233 g/mol. The molecule has 1 heterocycles. The molecule has 1 N–H and O–H groups in total. The summed E-state index contributed by atoms with van der Waals surface area (Å²) in [6, 6.07) is 6.79. The molecule has 90 valence electrons. The van der Waals surface area contributed by atoms with Gasteiger partial charge in [-0.1, -0.05) is 26.0 Å². The molecule has 0 radical (unpaired) electrons. The number of carbonyl (C=O) groups excluding carboxylic acids is 2. The number of amides is 2. The standard InChI is InChI=1S/C13H15NO3/c1-13(2,8-15)7-14-11(16)9-5-3-4-6-10(9)12(14)17/h3-6,15H,7-8H2,1-2H3. The molecular formula is C13H15NO3. The van der Waals surface area contributed by atoms with Gasteiger partial charge in [0.05, 0.1) is 11.1 Å². The minimum Gasteiger partial charge on any atom is -0.396 e. The molecule has 0 aromatic heterocycles. The Bertz CT molecular complexity index is 444. The zero-order valence-corrected chi connectivity index (χ0v) is 9.93. The van der Waals surface area contributed by atoms with Crippen molar-refractivity contribution in [3.63, 3.8) is 0 Å². The van der Waals surface area contributed by atoms with Crippen LogP contribution < -0.4 is 0 Å². The highest BCUT2D eigenvalue weighted by Gasteiger charge is 2.37. The molecule has 1 aromatic rings. The number of hydrogen-bond acceptors (Lipinski definition) is 3. The molecule has 0 saturated heterocycles. The normalized spacial score (nSPS) is 15.4. The lowest BCUT2D eigenvalue weighted by Crippen LogP contribution is -2.39. The van der Waals surface area contributed by atoms with Gasteiger partial charge in [0.1, 0.15) is 0 Å².